The maximum atomic E-state index is 13.4. The Bertz CT molecular complexity index is 1490. The Morgan fingerprint density at radius 1 is 1.10 bits per heavy atom. The molecule has 0 saturated heterocycles. The molecule has 1 saturated carbocycles. The monoisotopic (exact) mass is 548 g/mol. The van der Waals surface area contributed by atoms with E-state index in [2.05, 4.69) is 20.6 Å². The van der Waals surface area contributed by atoms with Crippen molar-refractivity contribution in [3.8, 4) is 11.6 Å². The maximum absolute atomic E-state index is 13.4. The number of nitrogens with one attached hydrogen (secondary N) is 2. The van der Waals surface area contributed by atoms with Crippen LogP contribution in [0.1, 0.15) is 56.9 Å². The van der Waals surface area contributed by atoms with Gasteiger partial charge in [0, 0.05) is 24.3 Å². The molecule has 2 atom stereocenters. The number of rotatable bonds is 5. The van der Waals surface area contributed by atoms with E-state index < -0.39 is 0 Å². The van der Waals surface area contributed by atoms with Gasteiger partial charge in [0.05, 0.1) is 28.1 Å². The Hall–Kier alpha value is -4.02. The highest BCUT2D eigenvalue weighted by atomic mass is 32.1. The molecular formula is C29H36N6O3S. The summed E-state index contributed by atoms with van der Waals surface area (Å²) in [6, 6.07) is 14.2. The fraction of sp³-hybridized carbons (Fsp3) is 0.310. The van der Waals surface area contributed by atoms with Gasteiger partial charge in [0.15, 0.2) is 0 Å². The number of aryl methyl sites for hydroxylation is 1. The highest BCUT2D eigenvalue weighted by molar-refractivity contribution is 7.21. The molecule has 3 amide bonds. The summed E-state index contributed by atoms with van der Waals surface area (Å²) in [5.74, 6) is 0.867. The molecule has 2 aliphatic rings. The number of hydrogen-bond donors (Lipinski definition) is 3. The number of para-hydroxylation sites is 1. The van der Waals surface area contributed by atoms with Crippen LogP contribution < -0.4 is 26.0 Å². The summed E-state index contributed by atoms with van der Waals surface area (Å²) in [4.78, 5) is 38.2. The van der Waals surface area contributed by atoms with Crippen LogP contribution in [0.3, 0.4) is 0 Å². The van der Waals surface area contributed by atoms with Crippen LogP contribution in [0.2, 0.25) is 0 Å². The average molecular weight is 549 g/mol. The molecule has 6 rings (SSSR count). The van der Waals surface area contributed by atoms with Crippen molar-refractivity contribution in [2.45, 2.75) is 60.5 Å². The van der Waals surface area contributed by atoms with E-state index >= 15 is 0 Å². The minimum absolute atomic E-state index is 0. The second-order valence-corrected chi connectivity index (χ2v) is 9.92. The standard InChI is InChI=1S/C26H24N6O3S.3CH4/c1-14-18(10-11-20(29-14)35-15-6-3-2-4-7-15)32-19-12-13-28-25-21(19)22(31-26(32)34)23(36-25)24(33)30-17-9-5-8-16(17)27;;;/h2-4,6-7,10-13,16-17H,5,8-9,27H2,1H3,(H,30,33)(H,31,34);3*1H4/t16-,17+;;;/m0.../s1. The van der Waals surface area contributed by atoms with Gasteiger partial charge in [-0.1, -0.05) is 40.5 Å². The molecule has 1 aliphatic heterocycles. The quantitative estimate of drug-likeness (QED) is 0.247. The summed E-state index contributed by atoms with van der Waals surface area (Å²) in [5, 5.41) is 6.70. The fourth-order valence-corrected chi connectivity index (χ4v) is 5.84. The molecule has 10 heteroatoms. The Morgan fingerprint density at radius 2 is 1.87 bits per heavy atom. The number of aromatic nitrogens is 2. The van der Waals surface area contributed by atoms with Gasteiger partial charge >= 0.3 is 6.03 Å². The van der Waals surface area contributed by atoms with Crippen LogP contribution in [-0.2, 0) is 0 Å². The number of anilines is 3. The topological polar surface area (TPSA) is 122 Å². The summed E-state index contributed by atoms with van der Waals surface area (Å²) >= 11 is 1.26. The van der Waals surface area contributed by atoms with Crippen LogP contribution in [0, 0.1) is 6.92 Å². The Labute approximate surface area is 233 Å². The van der Waals surface area contributed by atoms with E-state index in [1.54, 1.807) is 29.3 Å². The zero-order valence-corrected chi connectivity index (χ0v) is 20.3. The molecule has 206 valence electrons. The van der Waals surface area contributed by atoms with Gasteiger partial charge in [-0.05, 0) is 50.5 Å². The SMILES string of the molecule is C.C.C.Cc1nc(Oc2ccccc2)ccc1N1C(=O)Nc2c(C(=O)N[C@@H]3CCC[C@@H]3N)sc3nccc1c23. The average Bonchev–Trinajstić information content (AvgIpc) is 3.45. The molecule has 4 N–H and O–H groups in total. The first-order valence-electron chi connectivity index (χ1n) is 11.8. The number of thiophene rings is 1. The van der Waals surface area contributed by atoms with E-state index in [-0.39, 0.29) is 46.3 Å². The number of carbonyl (C=O) groups excluding carboxylic acids is 2. The molecule has 0 radical (unpaired) electrons. The van der Waals surface area contributed by atoms with Crippen LogP contribution in [0.15, 0.2) is 54.7 Å². The lowest BCUT2D eigenvalue weighted by Crippen LogP contribution is -2.44. The molecule has 1 aliphatic carbocycles. The molecular weight excluding hydrogens is 512 g/mol. The molecule has 0 unspecified atom stereocenters. The van der Waals surface area contributed by atoms with Gasteiger partial charge in [-0.25, -0.2) is 14.8 Å². The van der Waals surface area contributed by atoms with Crippen molar-refractivity contribution in [3.05, 3.63) is 65.3 Å². The molecule has 1 aromatic carbocycles. The first kappa shape index (κ1) is 29.5. The van der Waals surface area contributed by atoms with Crippen LogP contribution in [0.25, 0.3) is 10.2 Å². The fourth-order valence-electron chi connectivity index (χ4n) is 4.82. The van der Waals surface area contributed by atoms with Crippen molar-refractivity contribution < 1.29 is 14.3 Å². The number of amides is 3. The van der Waals surface area contributed by atoms with Gasteiger partial charge in [0.2, 0.25) is 5.88 Å². The van der Waals surface area contributed by atoms with Crippen LogP contribution >= 0.6 is 11.3 Å². The van der Waals surface area contributed by atoms with Crippen LogP contribution in [0.4, 0.5) is 21.9 Å². The summed E-state index contributed by atoms with van der Waals surface area (Å²) in [6.07, 6.45) is 4.39. The van der Waals surface area contributed by atoms with Crippen molar-refractivity contribution in [3.63, 3.8) is 0 Å². The largest absolute Gasteiger partial charge is 0.439 e. The van der Waals surface area contributed by atoms with Crippen molar-refractivity contribution >= 4 is 50.6 Å². The second-order valence-electron chi connectivity index (χ2n) is 8.93. The number of carbonyl (C=O) groups is 2. The first-order chi connectivity index (χ1) is 17.5. The summed E-state index contributed by atoms with van der Waals surface area (Å²) in [7, 11) is 0. The molecule has 1 fully saturated rings. The molecule has 4 heterocycles. The number of ether oxygens (including phenoxy) is 1. The van der Waals surface area contributed by atoms with Gasteiger partial charge in [-0.2, -0.15) is 0 Å². The van der Waals surface area contributed by atoms with E-state index in [9.17, 15) is 9.59 Å². The summed E-state index contributed by atoms with van der Waals surface area (Å²) in [6.45, 7) is 1.83. The molecule has 3 aromatic heterocycles. The Morgan fingerprint density at radius 3 is 2.56 bits per heavy atom. The highest BCUT2D eigenvalue weighted by Gasteiger charge is 2.35. The second kappa shape index (κ2) is 11.8. The molecule has 4 aromatic rings. The third kappa shape index (κ3) is 5.30. The molecule has 39 heavy (non-hydrogen) atoms. The molecule has 0 bridgehead atoms. The first-order valence-corrected chi connectivity index (χ1v) is 12.6. The third-order valence-electron chi connectivity index (χ3n) is 6.58. The van der Waals surface area contributed by atoms with E-state index in [0.29, 0.717) is 44.1 Å². The van der Waals surface area contributed by atoms with Crippen molar-refractivity contribution in [1.29, 1.82) is 0 Å². The maximum Gasteiger partial charge on any atom is 0.331 e. The van der Waals surface area contributed by atoms with Crippen molar-refractivity contribution in [1.82, 2.24) is 15.3 Å². The van der Waals surface area contributed by atoms with E-state index in [4.69, 9.17) is 10.5 Å². The van der Waals surface area contributed by atoms with Gasteiger partial charge in [-0.15, -0.1) is 11.3 Å². The lowest BCUT2D eigenvalue weighted by atomic mass is 10.1. The smallest absolute Gasteiger partial charge is 0.331 e. The zero-order chi connectivity index (χ0) is 24.8. The number of hydrogen-bond acceptors (Lipinski definition) is 7. The predicted octanol–water partition coefficient (Wildman–Crippen LogP) is 6.99. The van der Waals surface area contributed by atoms with Gasteiger partial charge < -0.3 is 21.1 Å². The third-order valence-corrected chi connectivity index (χ3v) is 7.67. The Kier molecular flexibility index (Phi) is 8.93. The highest BCUT2D eigenvalue weighted by Crippen LogP contribution is 2.46. The lowest BCUT2D eigenvalue weighted by molar-refractivity contribution is 0.0939. The molecule has 0 spiro atoms. The van der Waals surface area contributed by atoms with Crippen molar-refractivity contribution in [2.24, 2.45) is 5.73 Å². The lowest BCUT2D eigenvalue weighted by Gasteiger charge is -2.29. The van der Waals surface area contributed by atoms with E-state index in [1.165, 1.54) is 11.3 Å². The van der Waals surface area contributed by atoms with E-state index in [0.717, 1.165) is 24.6 Å². The molecule has 9 nitrogen and oxygen atoms in total. The number of urea groups is 1. The summed E-state index contributed by atoms with van der Waals surface area (Å²) < 4.78 is 5.84. The number of nitrogens with zero attached hydrogens (tertiary/aromatic N) is 3. The predicted molar refractivity (Wildman–Crippen MR) is 160 cm³/mol. The van der Waals surface area contributed by atoms with Gasteiger partial charge in [-0.3, -0.25) is 9.69 Å². The minimum atomic E-state index is -0.373. The number of benzene rings is 1. The van der Waals surface area contributed by atoms with Crippen molar-refractivity contribution in [2.75, 3.05) is 10.2 Å². The van der Waals surface area contributed by atoms with Gasteiger partial charge in [0.25, 0.3) is 5.91 Å². The van der Waals surface area contributed by atoms with Gasteiger partial charge in [0.1, 0.15) is 15.5 Å². The minimum Gasteiger partial charge on any atom is -0.439 e. The zero-order valence-electron chi connectivity index (χ0n) is 19.5. The number of nitrogens with two attached hydrogens (primary N) is 1. The van der Waals surface area contributed by atoms with Crippen LogP contribution in [-0.4, -0.2) is 34.0 Å². The normalized spacial score (nSPS) is 17.4. The Balaban J connectivity index is 0.00000140. The van der Waals surface area contributed by atoms with E-state index in [1.807, 2.05) is 37.3 Å². The number of pyridine rings is 2. The summed E-state index contributed by atoms with van der Waals surface area (Å²) in [5.41, 5.74) is 8.51. The van der Waals surface area contributed by atoms with Crippen LogP contribution in [0.5, 0.6) is 11.6 Å².